The summed E-state index contributed by atoms with van der Waals surface area (Å²) in [5, 5.41) is 0. The van der Waals surface area contributed by atoms with Gasteiger partial charge in [0.2, 0.25) is 0 Å². The van der Waals surface area contributed by atoms with Crippen molar-refractivity contribution in [2.75, 3.05) is 4.90 Å². The van der Waals surface area contributed by atoms with E-state index < -0.39 is 5.41 Å². The highest BCUT2D eigenvalue weighted by Crippen LogP contribution is 2.62. The number of rotatable bonds is 6. The third-order valence-corrected chi connectivity index (χ3v) is 19.4. The van der Waals surface area contributed by atoms with E-state index in [0.717, 1.165) is 30.6 Å². The molecule has 0 unspecified atom stereocenters. The minimum atomic E-state index is -0.467. The molecule has 356 valence electrons. The van der Waals surface area contributed by atoms with E-state index in [2.05, 4.69) is 227 Å². The number of anilines is 3. The zero-order chi connectivity index (χ0) is 48.8. The maximum atomic E-state index is 2.62. The summed E-state index contributed by atoms with van der Waals surface area (Å²) in [5.74, 6) is 2.82. The molecule has 4 fully saturated rings. The van der Waals surface area contributed by atoms with Gasteiger partial charge < -0.3 is 4.90 Å². The summed E-state index contributed by atoms with van der Waals surface area (Å²) in [7, 11) is 0. The fourth-order valence-electron chi connectivity index (χ4n) is 16.6. The molecule has 0 amide bonds. The molecule has 4 bridgehead atoms. The second-order valence-corrected chi connectivity index (χ2v) is 23.9. The Labute approximate surface area is 432 Å². The first-order valence-electron chi connectivity index (χ1n) is 27.4. The van der Waals surface area contributed by atoms with E-state index in [1.54, 1.807) is 5.56 Å². The van der Waals surface area contributed by atoms with Gasteiger partial charge in [-0.05, 0) is 237 Å². The molecule has 0 N–H and O–H groups in total. The molecule has 1 nitrogen and oxygen atoms in total. The average molecular weight is 942 g/mol. The lowest BCUT2D eigenvalue weighted by Gasteiger charge is -2.57. The molecular formula is C72H63N. The largest absolute Gasteiger partial charge is 0.310 e. The van der Waals surface area contributed by atoms with Crippen LogP contribution in [0.5, 0.6) is 0 Å². The summed E-state index contributed by atoms with van der Waals surface area (Å²) >= 11 is 0. The second-order valence-electron chi connectivity index (χ2n) is 23.9. The van der Waals surface area contributed by atoms with Gasteiger partial charge in [-0.15, -0.1) is 0 Å². The van der Waals surface area contributed by atoms with Gasteiger partial charge in [0.05, 0.1) is 11.1 Å². The van der Waals surface area contributed by atoms with Crippen molar-refractivity contribution in [1.82, 2.24) is 0 Å². The van der Waals surface area contributed by atoms with Crippen LogP contribution in [0, 0.1) is 31.6 Å². The second kappa shape index (κ2) is 15.9. The fourth-order valence-corrected chi connectivity index (χ4v) is 16.6. The Hall–Kier alpha value is -7.22. The van der Waals surface area contributed by atoms with Crippen LogP contribution in [0.2, 0.25) is 0 Å². The number of nitrogens with zero attached hydrogens (tertiary/aromatic N) is 1. The van der Waals surface area contributed by atoms with Gasteiger partial charge >= 0.3 is 0 Å². The number of hydrogen-bond donors (Lipinski definition) is 0. The maximum Gasteiger partial charge on any atom is 0.0719 e. The quantitative estimate of drug-likeness (QED) is 0.161. The van der Waals surface area contributed by atoms with E-state index in [-0.39, 0.29) is 5.41 Å². The van der Waals surface area contributed by atoms with Gasteiger partial charge in [0, 0.05) is 16.8 Å². The Kier molecular flexibility index (Phi) is 9.44. The molecule has 0 aromatic heterocycles. The molecule has 1 spiro atoms. The fraction of sp³-hybridized carbons (Fsp3) is 0.250. The first-order valence-corrected chi connectivity index (χ1v) is 27.4. The Morgan fingerprint density at radius 2 is 0.849 bits per heavy atom. The van der Waals surface area contributed by atoms with Crippen molar-refractivity contribution in [3.8, 4) is 44.5 Å². The lowest BCUT2D eigenvalue weighted by molar-refractivity contribution is -0.00518. The molecule has 9 aromatic rings. The topological polar surface area (TPSA) is 3.24 Å². The van der Waals surface area contributed by atoms with Crippen molar-refractivity contribution in [1.29, 1.82) is 0 Å². The van der Waals surface area contributed by atoms with Crippen LogP contribution in [0.25, 0.3) is 44.5 Å². The molecular weight excluding hydrogens is 879 g/mol. The summed E-state index contributed by atoms with van der Waals surface area (Å²) in [5.41, 5.74) is 29.2. The zero-order valence-electron chi connectivity index (χ0n) is 42.8. The Bertz CT molecular complexity index is 3610. The Balaban J connectivity index is 0.907. The van der Waals surface area contributed by atoms with Gasteiger partial charge in [0.1, 0.15) is 0 Å². The molecule has 1 heteroatoms. The standard InChI is InChI=1S/C72H63N/c1-45-34-55(51-24-27-56(28-25-51)71-42-47-36-48(43-71)38-49(37-47)44-71)35-46(2)69(45)73(57-29-32-61-60-31-26-54(50-14-6-5-7-15-50)39-66(60)70(3,4)67(61)40-57)58-30-33-62-59-18-10-13-21-65(59)72(68(62)41-58)63-19-11-8-16-52(63)22-23-53-17-9-12-20-64(53)72/h5-21,24-35,39-41,47-49H,22-23,36-38,42-44H2,1-4H3. The number of benzene rings is 9. The van der Waals surface area contributed by atoms with Crippen molar-refractivity contribution >= 4 is 17.1 Å². The molecule has 0 aliphatic heterocycles. The van der Waals surface area contributed by atoms with Crippen LogP contribution in [0.15, 0.2) is 194 Å². The van der Waals surface area contributed by atoms with Crippen LogP contribution in [0.4, 0.5) is 17.1 Å². The van der Waals surface area contributed by atoms with Crippen LogP contribution in [0.3, 0.4) is 0 Å². The van der Waals surface area contributed by atoms with Crippen LogP contribution >= 0.6 is 0 Å². The summed E-state index contributed by atoms with van der Waals surface area (Å²) < 4.78 is 0. The highest BCUT2D eigenvalue weighted by Gasteiger charge is 2.52. The molecule has 4 saturated carbocycles. The van der Waals surface area contributed by atoms with E-state index in [1.807, 2.05) is 0 Å². The van der Waals surface area contributed by atoms with E-state index in [1.165, 1.54) is 156 Å². The van der Waals surface area contributed by atoms with Crippen molar-refractivity contribution < 1.29 is 0 Å². The molecule has 0 radical (unpaired) electrons. The van der Waals surface area contributed by atoms with Gasteiger partial charge in [-0.3, -0.25) is 0 Å². The number of aryl methyl sites for hydroxylation is 4. The molecule has 0 atom stereocenters. The van der Waals surface area contributed by atoms with E-state index in [9.17, 15) is 0 Å². The Morgan fingerprint density at radius 3 is 1.47 bits per heavy atom. The maximum absolute atomic E-state index is 2.62. The van der Waals surface area contributed by atoms with Crippen molar-refractivity contribution in [2.45, 2.75) is 95.3 Å². The van der Waals surface area contributed by atoms with Gasteiger partial charge in [-0.25, -0.2) is 0 Å². The lowest BCUT2D eigenvalue weighted by atomic mass is 9.48. The Morgan fingerprint density at radius 1 is 0.384 bits per heavy atom. The molecule has 7 aliphatic carbocycles. The van der Waals surface area contributed by atoms with Gasteiger partial charge in [0.25, 0.3) is 0 Å². The van der Waals surface area contributed by atoms with Crippen LogP contribution in [0.1, 0.15) is 114 Å². The van der Waals surface area contributed by atoms with Crippen molar-refractivity contribution in [3.63, 3.8) is 0 Å². The van der Waals surface area contributed by atoms with Crippen molar-refractivity contribution in [2.24, 2.45) is 17.8 Å². The molecule has 0 heterocycles. The molecule has 0 saturated heterocycles. The summed E-state index contributed by atoms with van der Waals surface area (Å²) in [4.78, 5) is 2.62. The number of fused-ring (bicyclic) bond motifs is 12. The van der Waals surface area contributed by atoms with Crippen LogP contribution < -0.4 is 4.90 Å². The SMILES string of the molecule is Cc1cc(-c2ccc(C34CC5CC(CC(C5)C3)C4)cc2)cc(C)c1N(c1ccc2c(c1)C(C)(C)c1cc(-c3ccccc3)ccc1-2)c1ccc2c(c1)C1(c3ccccc3CCc3ccccc31)c1ccccc1-2. The van der Waals surface area contributed by atoms with E-state index >= 15 is 0 Å². The minimum absolute atomic E-state index is 0.204. The van der Waals surface area contributed by atoms with Crippen LogP contribution in [-0.4, -0.2) is 0 Å². The molecule has 73 heavy (non-hydrogen) atoms. The molecule has 7 aliphatic rings. The first-order chi connectivity index (χ1) is 35.7. The normalized spacial score (nSPS) is 21.7. The average Bonchev–Trinajstić information content (AvgIpc) is 3.76. The summed E-state index contributed by atoms with van der Waals surface area (Å²) in [6, 6.07) is 75.6. The summed E-state index contributed by atoms with van der Waals surface area (Å²) in [6.07, 6.45) is 10.7. The van der Waals surface area contributed by atoms with Crippen LogP contribution in [-0.2, 0) is 29.1 Å². The first kappa shape index (κ1) is 43.4. The molecule has 16 rings (SSSR count). The van der Waals surface area contributed by atoms with Gasteiger partial charge in [-0.1, -0.05) is 166 Å². The summed E-state index contributed by atoms with van der Waals surface area (Å²) in [6.45, 7) is 9.56. The molecule has 9 aromatic carbocycles. The third-order valence-electron chi connectivity index (χ3n) is 19.4. The van der Waals surface area contributed by atoms with E-state index in [4.69, 9.17) is 0 Å². The predicted octanol–water partition coefficient (Wildman–Crippen LogP) is 18.3. The predicted molar refractivity (Wildman–Crippen MR) is 304 cm³/mol. The minimum Gasteiger partial charge on any atom is -0.310 e. The smallest absolute Gasteiger partial charge is 0.0719 e. The highest BCUT2D eigenvalue weighted by molar-refractivity contribution is 5.93. The zero-order valence-corrected chi connectivity index (χ0v) is 42.8. The van der Waals surface area contributed by atoms with Gasteiger partial charge in [0.15, 0.2) is 0 Å². The monoisotopic (exact) mass is 941 g/mol. The van der Waals surface area contributed by atoms with Gasteiger partial charge in [-0.2, -0.15) is 0 Å². The van der Waals surface area contributed by atoms with E-state index in [0.29, 0.717) is 5.41 Å². The number of hydrogen-bond acceptors (Lipinski definition) is 1. The highest BCUT2D eigenvalue weighted by atomic mass is 15.1. The van der Waals surface area contributed by atoms with Crippen molar-refractivity contribution in [3.05, 3.63) is 255 Å². The lowest BCUT2D eigenvalue weighted by Crippen LogP contribution is -2.48. The third kappa shape index (κ3) is 6.33.